The van der Waals surface area contributed by atoms with E-state index in [0.29, 0.717) is 19.3 Å². The van der Waals surface area contributed by atoms with Crippen LogP contribution in [0.25, 0.3) is 0 Å². The molecule has 0 radical (unpaired) electrons. The Bertz CT molecular complexity index is 1470. The Balaban J connectivity index is 4.24. The standard InChI is InChI=1S/C66H110O6/c1-4-7-10-13-16-18-20-22-24-26-28-30-31-32-33-34-35-37-38-40-42-44-46-48-50-53-56-59-65(68)71-62-63(61-70-64(67)58-55-52-15-12-9-6-3)72-66(69)60-57-54-51-49-47-45-43-41-39-36-29-27-25-23-21-19-17-14-11-8-5-2/h7,10,16,18,22,24,27-30,32-33,35,37,40,42,46,48,63H,4-6,8-9,11-15,17,19-21,23,25-26,31,34,36,38-39,41,43-45,47,49-62H2,1-3H3/b10-7-,18-16-,24-22-,29-27-,30-28-,33-32-,37-35-,42-40-,48-46-. The molecule has 0 amide bonds. The van der Waals surface area contributed by atoms with Crippen molar-refractivity contribution < 1.29 is 28.6 Å². The molecule has 0 heterocycles. The monoisotopic (exact) mass is 999 g/mol. The highest BCUT2D eigenvalue weighted by molar-refractivity contribution is 5.71. The molecule has 0 aromatic heterocycles. The fourth-order valence-corrected chi connectivity index (χ4v) is 8.04. The molecule has 0 bridgehead atoms. The summed E-state index contributed by atoms with van der Waals surface area (Å²) in [6.07, 6.45) is 81.2. The average Bonchev–Trinajstić information content (AvgIpc) is 3.38. The maximum Gasteiger partial charge on any atom is 0.306 e. The quantitative estimate of drug-likeness (QED) is 0.0261. The molecule has 1 unspecified atom stereocenters. The number of rotatable bonds is 53. The Morgan fingerprint density at radius 3 is 0.889 bits per heavy atom. The van der Waals surface area contributed by atoms with E-state index in [4.69, 9.17) is 14.2 Å². The number of carbonyl (C=O) groups excluding carboxylic acids is 3. The molecule has 1 atom stereocenters. The molecule has 0 spiro atoms. The van der Waals surface area contributed by atoms with Crippen LogP contribution in [0.5, 0.6) is 0 Å². The molecule has 0 saturated heterocycles. The van der Waals surface area contributed by atoms with Crippen LogP contribution in [0.1, 0.15) is 271 Å². The maximum absolute atomic E-state index is 12.8. The molecular weight excluding hydrogens is 889 g/mol. The van der Waals surface area contributed by atoms with Gasteiger partial charge in [0.25, 0.3) is 0 Å². The van der Waals surface area contributed by atoms with Gasteiger partial charge in [-0.05, 0) is 109 Å². The summed E-state index contributed by atoms with van der Waals surface area (Å²) in [5.74, 6) is -0.949. The first-order valence-corrected chi connectivity index (χ1v) is 29.9. The normalized spacial score (nSPS) is 12.9. The summed E-state index contributed by atoms with van der Waals surface area (Å²) in [4.78, 5) is 37.9. The Hall–Kier alpha value is -3.93. The zero-order valence-corrected chi connectivity index (χ0v) is 46.9. The van der Waals surface area contributed by atoms with Crippen molar-refractivity contribution in [3.8, 4) is 0 Å². The number of carbonyl (C=O) groups is 3. The summed E-state index contributed by atoms with van der Waals surface area (Å²) in [6.45, 7) is 6.43. The molecular formula is C66H110O6. The van der Waals surface area contributed by atoms with E-state index in [1.807, 2.05) is 0 Å². The molecule has 0 aliphatic rings. The lowest BCUT2D eigenvalue weighted by molar-refractivity contribution is -0.167. The minimum atomic E-state index is -0.796. The third-order valence-electron chi connectivity index (χ3n) is 12.5. The van der Waals surface area contributed by atoms with Gasteiger partial charge in [-0.2, -0.15) is 0 Å². The van der Waals surface area contributed by atoms with E-state index in [0.717, 1.165) is 109 Å². The average molecular weight is 1000 g/mol. The Labute approximate surface area is 444 Å². The molecule has 0 aromatic carbocycles. The van der Waals surface area contributed by atoms with Crippen LogP contribution in [0.15, 0.2) is 109 Å². The predicted molar refractivity (Wildman–Crippen MR) is 311 cm³/mol. The summed E-state index contributed by atoms with van der Waals surface area (Å²) in [7, 11) is 0. The van der Waals surface area contributed by atoms with Crippen LogP contribution < -0.4 is 0 Å². The van der Waals surface area contributed by atoms with Crippen LogP contribution in [0.4, 0.5) is 0 Å². The lowest BCUT2D eigenvalue weighted by atomic mass is 10.1. The molecule has 0 N–H and O–H groups in total. The van der Waals surface area contributed by atoms with Crippen LogP contribution in [-0.2, 0) is 28.6 Å². The van der Waals surface area contributed by atoms with Crippen molar-refractivity contribution in [3.05, 3.63) is 109 Å². The molecule has 0 fully saturated rings. The van der Waals surface area contributed by atoms with E-state index in [1.165, 1.54) is 122 Å². The number of hydrogen-bond acceptors (Lipinski definition) is 6. The van der Waals surface area contributed by atoms with Crippen LogP contribution in [0.2, 0.25) is 0 Å². The van der Waals surface area contributed by atoms with Gasteiger partial charge in [0.05, 0.1) is 0 Å². The lowest BCUT2D eigenvalue weighted by Gasteiger charge is -2.18. The van der Waals surface area contributed by atoms with E-state index in [-0.39, 0.29) is 31.1 Å². The van der Waals surface area contributed by atoms with Gasteiger partial charge in [-0.15, -0.1) is 0 Å². The summed E-state index contributed by atoms with van der Waals surface area (Å²) >= 11 is 0. The van der Waals surface area contributed by atoms with Crippen LogP contribution in [0, 0.1) is 0 Å². The third kappa shape index (κ3) is 57.0. The van der Waals surface area contributed by atoms with E-state index >= 15 is 0 Å². The van der Waals surface area contributed by atoms with Gasteiger partial charge in [-0.1, -0.05) is 252 Å². The van der Waals surface area contributed by atoms with Gasteiger partial charge in [0, 0.05) is 19.3 Å². The largest absolute Gasteiger partial charge is 0.462 e. The molecule has 0 aliphatic heterocycles. The van der Waals surface area contributed by atoms with E-state index in [9.17, 15) is 14.4 Å². The summed E-state index contributed by atoms with van der Waals surface area (Å²) in [5, 5.41) is 0. The molecule has 72 heavy (non-hydrogen) atoms. The fourth-order valence-electron chi connectivity index (χ4n) is 8.04. The van der Waals surface area contributed by atoms with E-state index < -0.39 is 6.10 Å². The van der Waals surface area contributed by atoms with Crippen molar-refractivity contribution in [2.45, 2.75) is 277 Å². The van der Waals surface area contributed by atoms with Crippen molar-refractivity contribution in [2.24, 2.45) is 0 Å². The third-order valence-corrected chi connectivity index (χ3v) is 12.5. The first kappa shape index (κ1) is 68.1. The van der Waals surface area contributed by atoms with Crippen molar-refractivity contribution in [1.29, 1.82) is 0 Å². The van der Waals surface area contributed by atoms with Crippen molar-refractivity contribution in [1.82, 2.24) is 0 Å². The van der Waals surface area contributed by atoms with Crippen molar-refractivity contribution >= 4 is 17.9 Å². The van der Waals surface area contributed by atoms with Crippen molar-refractivity contribution in [3.63, 3.8) is 0 Å². The van der Waals surface area contributed by atoms with E-state index in [1.54, 1.807) is 0 Å². The number of unbranched alkanes of at least 4 members (excludes halogenated alkanes) is 24. The van der Waals surface area contributed by atoms with Crippen molar-refractivity contribution in [2.75, 3.05) is 13.2 Å². The van der Waals surface area contributed by atoms with Gasteiger partial charge in [0.2, 0.25) is 0 Å². The second-order valence-corrected chi connectivity index (χ2v) is 19.5. The molecule has 0 aromatic rings. The zero-order valence-electron chi connectivity index (χ0n) is 46.9. The first-order chi connectivity index (χ1) is 35.5. The van der Waals surface area contributed by atoms with Gasteiger partial charge < -0.3 is 14.2 Å². The molecule has 0 saturated carbocycles. The van der Waals surface area contributed by atoms with E-state index in [2.05, 4.69) is 130 Å². The van der Waals surface area contributed by atoms with Crippen LogP contribution in [0.3, 0.4) is 0 Å². The number of allylic oxidation sites excluding steroid dienone is 18. The molecule has 6 nitrogen and oxygen atoms in total. The second-order valence-electron chi connectivity index (χ2n) is 19.5. The highest BCUT2D eigenvalue weighted by Crippen LogP contribution is 2.15. The number of hydrogen-bond donors (Lipinski definition) is 0. The van der Waals surface area contributed by atoms with Crippen LogP contribution >= 0.6 is 0 Å². The highest BCUT2D eigenvalue weighted by atomic mass is 16.6. The zero-order chi connectivity index (χ0) is 52.2. The maximum atomic E-state index is 12.8. The topological polar surface area (TPSA) is 78.9 Å². The Kier molecular flexibility index (Phi) is 56.4. The predicted octanol–water partition coefficient (Wildman–Crippen LogP) is 20.3. The number of esters is 3. The van der Waals surface area contributed by atoms with Gasteiger partial charge in [0.15, 0.2) is 6.10 Å². The number of ether oxygens (including phenoxy) is 3. The summed E-state index contributed by atoms with van der Waals surface area (Å²) in [6, 6.07) is 0. The van der Waals surface area contributed by atoms with Gasteiger partial charge in [0.1, 0.15) is 13.2 Å². The SMILES string of the molecule is CC/C=C\C/C=C\C/C=C\C/C=C\C/C=C\C/C=C\C/C=C\C/C=C\CCCCC(=O)OCC(COC(=O)CCCCCCCC)OC(=O)CCCCCCCCCCC/C=C\CCCCCCCCCC. The van der Waals surface area contributed by atoms with Gasteiger partial charge in [-0.3, -0.25) is 14.4 Å². The lowest BCUT2D eigenvalue weighted by Crippen LogP contribution is -2.30. The smallest absolute Gasteiger partial charge is 0.306 e. The van der Waals surface area contributed by atoms with Gasteiger partial charge >= 0.3 is 17.9 Å². The molecule has 0 rings (SSSR count). The molecule has 0 aliphatic carbocycles. The fraction of sp³-hybridized carbons (Fsp3) is 0.682. The van der Waals surface area contributed by atoms with Gasteiger partial charge in [-0.25, -0.2) is 0 Å². The minimum absolute atomic E-state index is 0.0933. The minimum Gasteiger partial charge on any atom is -0.462 e. The highest BCUT2D eigenvalue weighted by Gasteiger charge is 2.19. The Morgan fingerprint density at radius 2 is 0.542 bits per heavy atom. The van der Waals surface area contributed by atoms with Crippen LogP contribution in [-0.4, -0.2) is 37.2 Å². The Morgan fingerprint density at radius 1 is 0.292 bits per heavy atom. The molecule has 6 heteroatoms. The molecule has 410 valence electrons. The summed E-state index contributed by atoms with van der Waals surface area (Å²) < 4.78 is 16.7. The summed E-state index contributed by atoms with van der Waals surface area (Å²) in [5.41, 5.74) is 0. The first-order valence-electron chi connectivity index (χ1n) is 29.9. The second kappa shape index (κ2) is 59.6.